The monoisotopic (exact) mass is 334 g/mol. The molecule has 0 atom stereocenters. The van der Waals surface area contributed by atoms with Crippen LogP contribution in [0.4, 0.5) is 5.69 Å². The first-order valence-corrected chi connectivity index (χ1v) is 7.37. The van der Waals surface area contributed by atoms with Crippen molar-refractivity contribution in [3.8, 4) is 0 Å². The zero-order valence-electron chi connectivity index (χ0n) is 14.5. The quantitative estimate of drug-likeness (QED) is 0.371. The minimum Gasteiger partial charge on any atom is -0.465 e. The molecule has 0 unspecified atom stereocenters. The first kappa shape index (κ1) is 19.5. The molecule has 1 aromatic carbocycles. The molecule has 0 aromatic heterocycles. The van der Waals surface area contributed by atoms with Crippen molar-refractivity contribution in [2.45, 2.75) is 39.8 Å². The van der Waals surface area contributed by atoms with Crippen LogP contribution in [0.1, 0.15) is 42.3 Å². The van der Waals surface area contributed by atoms with E-state index in [1.54, 1.807) is 33.8 Å². The van der Waals surface area contributed by atoms with E-state index in [4.69, 9.17) is 15.0 Å². The van der Waals surface area contributed by atoms with Gasteiger partial charge in [0.15, 0.2) is 0 Å². The van der Waals surface area contributed by atoms with Crippen molar-refractivity contribution in [1.29, 1.82) is 0 Å². The molecule has 0 bridgehead atoms. The summed E-state index contributed by atoms with van der Waals surface area (Å²) in [5.41, 5.74) is 10.1. The van der Waals surface area contributed by atoms with Crippen molar-refractivity contribution < 1.29 is 19.1 Å². The highest BCUT2D eigenvalue weighted by molar-refractivity contribution is 5.92. The van der Waals surface area contributed by atoms with Crippen molar-refractivity contribution >= 4 is 17.6 Å². The predicted octanol–water partition coefficient (Wildman–Crippen LogP) is 3.15. The van der Waals surface area contributed by atoms with Gasteiger partial charge in [-0.05, 0) is 56.5 Å². The summed E-state index contributed by atoms with van der Waals surface area (Å²) in [5, 5.41) is 6.49. The molecule has 0 aliphatic rings. The lowest BCUT2D eigenvalue weighted by molar-refractivity contribution is -0.153. The molecule has 0 spiro atoms. The van der Waals surface area contributed by atoms with E-state index in [1.165, 1.54) is 13.2 Å². The molecule has 1 N–H and O–H groups in total. The molecule has 0 radical (unpaired) electrons. The summed E-state index contributed by atoms with van der Waals surface area (Å²) < 4.78 is 9.94. The number of ether oxygens (including phenoxy) is 2. The molecule has 0 amide bonds. The number of carbonyl (C=O) groups excluding carboxylic acids is 2. The number of benzene rings is 1. The Kier molecular flexibility index (Phi) is 6.76. The maximum absolute atomic E-state index is 11.8. The molecule has 0 saturated heterocycles. The van der Waals surface area contributed by atoms with E-state index in [0.29, 0.717) is 23.4 Å². The number of hydrogen-bond donors (Lipinski definition) is 1. The topological polar surface area (TPSA) is 113 Å². The average molecular weight is 334 g/mol. The van der Waals surface area contributed by atoms with E-state index >= 15 is 0 Å². The fourth-order valence-corrected chi connectivity index (χ4v) is 2.05. The minimum atomic E-state index is -0.547. The lowest BCUT2D eigenvalue weighted by Crippen LogP contribution is -2.31. The summed E-state index contributed by atoms with van der Waals surface area (Å²) in [6, 6.07) is 3.13. The van der Waals surface area contributed by atoms with Crippen LogP contribution in [0.5, 0.6) is 0 Å². The van der Waals surface area contributed by atoms with Crippen LogP contribution < -0.4 is 5.32 Å². The molecule has 0 aliphatic heterocycles. The molecule has 0 saturated carbocycles. The van der Waals surface area contributed by atoms with Gasteiger partial charge in [0.2, 0.25) is 0 Å². The molecule has 0 heterocycles. The number of methoxy groups -OCH3 is 1. The molecule has 8 nitrogen and oxygen atoms in total. The molecule has 1 aromatic rings. The Labute approximate surface area is 140 Å². The lowest BCUT2D eigenvalue weighted by Gasteiger charge is -2.19. The van der Waals surface area contributed by atoms with Crippen molar-refractivity contribution in [1.82, 2.24) is 5.32 Å². The van der Waals surface area contributed by atoms with E-state index in [0.717, 1.165) is 5.56 Å². The van der Waals surface area contributed by atoms with Gasteiger partial charge in [-0.2, -0.15) is 0 Å². The Morgan fingerprint density at radius 2 is 2.00 bits per heavy atom. The second-order valence-corrected chi connectivity index (χ2v) is 6.15. The van der Waals surface area contributed by atoms with Crippen molar-refractivity contribution in [2.24, 2.45) is 5.11 Å². The summed E-state index contributed by atoms with van der Waals surface area (Å²) in [4.78, 5) is 26.3. The van der Waals surface area contributed by atoms with E-state index < -0.39 is 11.6 Å². The maximum atomic E-state index is 11.8. The van der Waals surface area contributed by atoms with Gasteiger partial charge in [0, 0.05) is 17.1 Å². The van der Waals surface area contributed by atoms with Crippen molar-refractivity contribution in [2.75, 3.05) is 13.7 Å². The smallest absolute Gasteiger partial charge is 0.338 e. The van der Waals surface area contributed by atoms with Crippen LogP contribution in [0.15, 0.2) is 17.2 Å². The number of nitrogens with zero attached hydrogens (tertiary/aromatic N) is 3. The van der Waals surface area contributed by atoms with Crippen molar-refractivity contribution in [3.05, 3.63) is 39.3 Å². The third-order valence-electron chi connectivity index (χ3n) is 3.07. The van der Waals surface area contributed by atoms with Crippen LogP contribution in [-0.2, 0) is 20.8 Å². The van der Waals surface area contributed by atoms with E-state index in [9.17, 15) is 9.59 Å². The van der Waals surface area contributed by atoms with Gasteiger partial charge in [-0.3, -0.25) is 4.79 Å². The fourth-order valence-electron chi connectivity index (χ4n) is 2.05. The number of azide groups is 1. The molecule has 8 heteroatoms. The normalized spacial score (nSPS) is 10.7. The molecule has 130 valence electrons. The number of hydrogen-bond acceptors (Lipinski definition) is 6. The Balaban J connectivity index is 2.90. The summed E-state index contributed by atoms with van der Waals surface area (Å²) in [7, 11) is 1.28. The minimum absolute atomic E-state index is 0.0238. The van der Waals surface area contributed by atoms with Gasteiger partial charge in [-0.15, -0.1) is 0 Å². The standard InChI is InChI=1S/C16H22N4O4/c1-10-11(8-18-9-14(21)24-16(2,3)4)6-12(19-20-17)7-13(10)15(22)23-5/h6-7,18H,8-9H2,1-5H3. The highest BCUT2D eigenvalue weighted by Crippen LogP contribution is 2.23. The average Bonchev–Trinajstić information content (AvgIpc) is 2.47. The fraction of sp³-hybridized carbons (Fsp3) is 0.500. The SMILES string of the molecule is COC(=O)c1cc(N=[N+]=[N-])cc(CNCC(=O)OC(C)(C)C)c1C. The molecule has 1 rings (SSSR count). The van der Waals surface area contributed by atoms with Gasteiger partial charge >= 0.3 is 11.9 Å². The van der Waals surface area contributed by atoms with E-state index in [1.807, 2.05) is 0 Å². The van der Waals surface area contributed by atoms with Gasteiger partial charge in [-0.25, -0.2) is 4.79 Å². The Morgan fingerprint density at radius 3 is 2.54 bits per heavy atom. The molecule has 0 fully saturated rings. The second-order valence-electron chi connectivity index (χ2n) is 6.15. The van der Waals surface area contributed by atoms with Gasteiger partial charge in [0.1, 0.15) is 5.60 Å². The van der Waals surface area contributed by atoms with Gasteiger partial charge in [0.25, 0.3) is 0 Å². The van der Waals surface area contributed by atoms with Crippen LogP contribution >= 0.6 is 0 Å². The molecule has 24 heavy (non-hydrogen) atoms. The zero-order chi connectivity index (χ0) is 18.3. The summed E-state index contributed by atoms with van der Waals surface area (Å²) in [6.45, 7) is 7.47. The Hall–Kier alpha value is -2.57. The third-order valence-corrected chi connectivity index (χ3v) is 3.07. The van der Waals surface area contributed by atoms with Crippen LogP contribution in [0.25, 0.3) is 10.4 Å². The highest BCUT2D eigenvalue weighted by atomic mass is 16.6. The zero-order valence-corrected chi connectivity index (χ0v) is 14.5. The van der Waals surface area contributed by atoms with Crippen LogP contribution in [-0.4, -0.2) is 31.2 Å². The summed E-state index contributed by atoms with van der Waals surface area (Å²) in [6.07, 6.45) is 0. The summed E-state index contributed by atoms with van der Waals surface area (Å²) >= 11 is 0. The van der Waals surface area contributed by atoms with Crippen molar-refractivity contribution in [3.63, 3.8) is 0 Å². The largest absolute Gasteiger partial charge is 0.465 e. The molecular weight excluding hydrogens is 312 g/mol. The maximum Gasteiger partial charge on any atom is 0.338 e. The van der Waals surface area contributed by atoms with Gasteiger partial charge in [-0.1, -0.05) is 5.11 Å². The number of carbonyl (C=O) groups is 2. The number of rotatable bonds is 6. The van der Waals surface area contributed by atoms with Gasteiger partial charge < -0.3 is 14.8 Å². The van der Waals surface area contributed by atoms with Crippen LogP contribution in [0, 0.1) is 6.92 Å². The highest BCUT2D eigenvalue weighted by Gasteiger charge is 2.17. The second kappa shape index (κ2) is 8.33. The molecular formula is C16H22N4O4. The first-order valence-electron chi connectivity index (χ1n) is 7.37. The number of nitrogens with one attached hydrogen (secondary N) is 1. The number of esters is 2. The van der Waals surface area contributed by atoms with E-state index in [2.05, 4.69) is 15.3 Å². The Bertz CT molecular complexity index is 673. The van der Waals surface area contributed by atoms with Crippen LogP contribution in [0.3, 0.4) is 0 Å². The lowest BCUT2D eigenvalue weighted by atomic mass is 10.0. The Morgan fingerprint density at radius 1 is 1.33 bits per heavy atom. The third kappa shape index (κ3) is 5.91. The first-order chi connectivity index (χ1) is 11.2. The van der Waals surface area contributed by atoms with E-state index in [-0.39, 0.29) is 12.5 Å². The summed E-state index contributed by atoms with van der Waals surface area (Å²) in [5.74, 6) is -0.893. The van der Waals surface area contributed by atoms with Gasteiger partial charge in [0.05, 0.1) is 19.2 Å². The predicted molar refractivity (Wildman–Crippen MR) is 88.9 cm³/mol. The molecule has 0 aliphatic carbocycles. The van der Waals surface area contributed by atoms with Crippen LogP contribution in [0.2, 0.25) is 0 Å².